The van der Waals surface area contributed by atoms with Crippen molar-refractivity contribution in [1.82, 2.24) is 19.8 Å². The molecule has 3 atom stereocenters. The highest BCUT2D eigenvalue weighted by molar-refractivity contribution is 7.89. The maximum Gasteiger partial charge on any atom is 0.257 e. The van der Waals surface area contributed by atoms with Crippen molar-refractivity contribution in [2.45, 2.75) is 30.1 Å². The number of piperidine rings is 1. The van der Waals surface area contributed by atoms with Crippen LogP contribution in [0.15, 0.2) is 35.6 Å². The van der Waals surface area contributed by atoms with Crippen LogP contribution in [0.1, 0.15) is 24.4 Å². The van der Waals surface area contributed by atoms with Gasteiger partial charge in [-0.3, -0.25) is 9.63 Å². The van der Waals surface area contributed by atoms with Crippen LogP contribution < -0.4 is 9.62 Å². The fourth-order valence-electron chi connectivity index (χ4n) is 4.07. The van der Waals surface area contributed by atoms with Crippen LogP contribution in [0.3, 0.4) is 0 Å². The van der Waals surface area contributed by atoms with Crippen LogP contribution in [-0.2, 0) is 19.7 Å². The third-order valence-corrected chi connectivity index (χ3v) is 7.06. The van der Waals surface area contributed by atoms with E-state index in [0.29, 0.717) is 6.42 Å². The Kier molecular flexibility index (Phi) is 6.54. The quantitative estimate of drug-likeness (QED) is 0.644. The largest absolute Gasteiger partial charge is 0.354 e. The zero-order chi connectivity index (χ0) is 23.8. The molecule has 0 aliphatic carbocycles. The Hall–Kier alpha value is -2.77. The number of nitrogens with zero attached hydrogens (tertiary/aromatic N) is 4. The molecule has 178 valence electrons. The number of carbonyl (C=O) groups excluding carboxylic acids is 1. The summed E-state index contributed by atoms with van der Waals surface area (Å²) in [5.41, 5.74) is 0.241. The van der Waals surface area contributed by atoms with Gasteiger partial charge in [-0.15, -0.1) is 0 Å². The van der Waals surface area contributed by atoms with E-state index in [-0.39, 0.29) is 42.5 Å². The Morgan fingerprint density at radius 3 is 2.55 bits per heavy atom. The number of rotatable bonds is 5. The van der Waals surface area contributed by atoms with Crippen molar-refractivity contribution in [2.75, 3.05) is 31.6 Å². The van der Waals surface area contributed by atoms with Crippen LogP contribution in [0.5, 0.6) is 0 Å². The monoisotopic (exact) mass is 485 g/mol. The first-order valence-corrected chi connectivity index (χ1v) is 11.7. The number of alkyl halides is 1. The summed E-state index contributed by atoms with van der Waals surface area (Å²) in [6, 6.07) is 3.51. The molecule has 0 radical (unpaired) electrons. The number of nitrogens with one attached hydrogen (secondary N) is 1. The summed E-state index contributed by atoms with van der Waals surface area (Å²) in [6.07, 6.45) is -0.0825. The van der Waals surface area contributed by atoms with Gasteiger partial charge < -0.3 is 4.90 Å². The highest BCUT2D eigenvalue weighted by atomic mass is 32.2. The highest BCUT2D eigenvalue weighted by Crippen LogP contribution is 2.35. The second kappa shape index (κ2) is 9.23. The van der Waals surface area contributed by atoms with Gasteiger partial charge in [0.2, 0.25) is 0 Å². The van der Waals surface area contributed by atoms with Crippen LogP contribution in [0.2, 0.25) is 0 Å². The molecule has 0 spiro atoms. The van der Waals surface area contributed by atoms with E-state index in [4.69, 9.17) is 4.84 Å². The molecule has 1 unspecified atom stereocenters. The molecule has 1 aromatic heterocycles. The van der Waals surface area contributed by atoms with Gasteiger partial charge in [0, 0.05) is 25.1 Å². The van der Waals surface area contributed by atoms with Gasteiger partial charge in [0.15, 0.2) is 5.03 Å². The number of sulfonamides is 1. The summed E-state index contributed by atoms with van der Waals surface area (Å²) in [6.45, 7) is 0.202. The molecule has 0 bridgehead atoms. The maximum absolute atomic E-state index is 15.1. The number of hydrogen-bond donors (Lipinski definition) is 1. The third-order valence-electron chi connectivity index (χ3n) is 5.75. The van der Waals surface area contributed by atoms with Crippen molar-refractivity contribution >= 4 is 21.7 Å². The van der Waals surface area contributed by atoms with Crippen LogP contribution in [0, 0.1) is 17.6 Å². The Morgan fingerprint density at radius 1 is 1.15 bits per heavy atom. The summed E-state index contributed by atoms with van der Waals surface area (Å²) in [7, 11) is -2.55. The average molecular weight is 485 g/mol. The lowest BCUT2D eigenvalue weighted by atomic mass is 9.93. The van der Waals surface area contributed by atoms with Crippen molar-refractivity contribution in [1.29, 1.82) is 0 Å². The molecule has 1 N–H and O–H groups in total. The molecule has 2 aliphatic rings. The van der Waals surface area contributed by atoms with E-state index in [9.17, 15) is 22.0 Å². The van der Waals surface area contributed by atoms with Gasteiger partial charge in [-0.05, 0) is 31.2 Å². The number of anilines is 1. The van der Waals surface area contributed by atoms with Crippen LogP contribution in [0.25, 0.3) is 0 Å². The fourth-order valence-corrected chi connectivity index (χ4v) is 4.72. The van der Waals surface area contributed by atoms with Gasteiger partial charge in [0.05, 0.1) is 25.1 Å². The predicted molar refractivity (Wildman–Crippen MR) is 110 cm³/mol. The lowest BCUT2D eigenvalue weighted by molar-refractivity contribution is -0.184. The van der Waals surface area contributed by atoms with E-state index in [1.807, 2.05) is 0 Å². The minimum atomic E-state index is -3.80. The second-order valence-corrected chi connectivity index (χ2v) is 9.62. The first kappa shape index (κ1) is 23.4. The molecule has 13 heteroatoms. The van der Waals surface area contributed by atoms with E-state index in [1.165, 1.54) is 18.0 Å². The van der Waals surface area contributed by atoms with E-state index < -0.39 is 45.7 Å². The standard InChI is InChI=1S/C20H22F3N5O4S/c1-24-33(30,31)19-9-18(25-11-26-19)27-4-2-15(16(23)10-27)20(29)28-17(3-5-32-28)12-6-13(21)8-14(22)7-12/h6-9,11,15-17,24H,2-5,10H2,1H3/t15-,16+,17?/m0/s1. The molecule has 2 aromatic rings. The molecule has 2 saturated heterocycles. The number of hydroxylamine groups is 2. The topological polar surface area (TPSA) is 105 Å². The highest BCUT2D eigenvalue weighted by Gasteiger charge is 2.42. The molecular formula is C20H22F3N5O4S. The zero-order valence-corrected chi connectivity index (χ0v) is 18.4. The Bertz CT molecular complexity index is 1130. The molecule has 0 saturated carbocycles. The number of aromatic nitrogens is 2. The minimum absolute atomic E-state index is 0.113. The summed E-state index contributed by atoms with van der Waals surface area (Å²) in [4.78, 5) is 27.8. The molecule has 1 amide bonds. The van der Waals surface area contributed by atoms with Crippen LogP contribution in [-0.4, -0.2) is 62.3 Å². The SMILES string of the molecule is CNS(=O)(=O)c1cc(N2CC[C@H](C(=O)N3OCCC3c3cc(F)cc(F)c3)[C@H](F)C2)ncn1. The summed E-state index contributed by atoms with van der Waals surface area (Å²) >= 11 is 0. The first-order chi connectivity index (χ1) is 15.7. The summed E-state index contributed by atoms with van der Waals surface area (Å²) in [5.74, 6) is -2.95. The molecule has 3 heterocycles. The van der Waals surface area contributed by atoms with Gasteiger partial charge in [-0.2, -0.15) is 0 Å². The normalized spacial score (nSPS) is 23.7. The van der Waals surface area contributed by atoms with Crippen molar-refractivity contribution < 1.29 is 31.2 Å². The lowest BCUT2D eigenvalue weighted by Gasteiger charge is -2.36. The van der Waals surface area contributed by atoms with Gasteiger partial charge in [-0.25, -0.2) is 41.3 Å². The first-order valence-electron chi connectivity index (χ1n) is 10.3. The van der Waals surface area contributed by atoms with Crippen LogP contribution >= 0.6 is 0 Å². The molecule has 1 aromatic carbocycles. The van der Waals surface area contributed by atoms with Gasteiger partial charge in [0.1, 0.15) is 30.0 Å². The summed E-state index contributed by atoms with van der Waals surface area (Å²) < 4.78 is 68.5. The smallest absolute Gasteiger partial charge is 0.257 e. The molecule has 2 fully saturated rings. The minimum Gasteiger partial charge on any atom is -0.354 e. The van der Waals surface area contributed by atoms with Crippen molar-refractivity contribution in [3.63, 3.8) is 0 Å². The molecule has 9 nitrogen and oxygen atoms in total. The molecular weight excluding hydrogens is 463 g/mol. The van der Waals surface area contributed by atoms with E-state index in [1.54, 1.807) is 0 Å². The number of amides is 1. The Morgan fingerprint density at radius 2 is 1.88 bits per heavy atom. The number of hydrogen-bond acceptors (Lipinski definition) is 7. The molecule has 33 heavy (non-hydrogen) atoms. The number of halogens is 3. The number of carbonyl (C=O) groups is 1. The second-order valence-electron chi connectivity index (χ2n) is 7.78. The van der Waals surface area contributed by atoms with Crippen LogP contribution in [0.4, 0.5) is 19.0 Å². The van der Waals surface area contributed by atoms with Crippen molar-refractivity contribution in [3.8, 4) is 0 Å². The molecule has 4 rings (SSSR count). The molecule has 2 aliphatic heterocycles. The van der Waals surface area contributed by atoms with E-state index in [0.717, 1.165) is 29.6 Å². The Balaban J connectivity index is 1.48. The average Bonchev–Trinajstić information content (AvgIpc) is 3.28. The van der Waals surface area contributed by atoms with Gasteiger partial charge >= 0.3 is 0 Å². The van der Waals surface area contributed by atoms with Gasteiger partial charge in [-0.1, -0.05) is 0 Å². The van der Waals surface area contributed by atoms with E-state index in [2.05, 4.69) is 14.7 Å². The Labute approximate surface area is 188 Å². The van der Waals surface area contributed by atoms with Crippen molar-refractivity contribution in [3.05, 3.63) is 47.8 Å². The predicted octanol–water partition coefficient (Wildman–Crippen LogP) is 1.73. The number of benzene rings is 1. The van der Waals surface area contributed by atoms with Crippen molar-refractivity contribution in [2.24, 2.45) is 5.92 Å². The zero-order valence-electron chi connectivity index (χ0n) is 17.6. The third kappa shape index (κ3) is 4.80. The summed E-state index contributed by atoms with van der Waals surface area (Å²) in [5, 5.41) is 0.767. The lowest BCUT2D eigenvalue weighted by Crippen LogP contribution is -2.49. The van der Waals surface area contributed by atoms with Gasteiger partial charge in [0.25, 0.3) is 15.9 Å². The van der Waals surface area contributed by atoms with E-state index >= 15 is 4.39 Å². The maximum atomic E-state index is 15.1. The fraction of sp³-hybridized carbons (Fsp3) is 0.450.